The molecule has 0 aromatic heterocycles. The molecular weight excluding hydrogens is 204 g/mol. The van der Waals surface area contributed by atoms with Gasteiger partial charge >= 0.3 is 0 Å². The van der Waals surface area contributed by atoms with Crippen molar-refractivity contribution in [3.63, 3.8) is 0 Å². The first-order valence-electron chi connectivity index (χ1n) is 4.55. The predicted octanol–water partition coefficient (Wildman–Crippen LogP) is 1.06. The maximum Gasteiger partial charge on any atom is 0.190 e. The fraction of sp³-hybridized carbons (Fsp3) is 0.400. The van der Waals surface area contributed by atoms with Crippen LogP contribution in [0.4, 0.5) is 8.78 Å². The molecule has 0 saturated carbocycles. The van der Waals surface area contributed by atoms with E-state index in [-0.39, 0.29) is 13.2 Å². The molecule has 0 unspecified atom stereocenters. The highest BCUT2D eigenvalue weighted by atomic mass is 19.1. The Labute approximate surface area is 86.7 Å². The number of nitrogens with one attached hydrogen (secondary N) is 1. The first-order valence-corrected chi connectivity index (χ1v) is 4.55. The Hall–Kier alpha value is -1.20. The van der Waals surface area contributed by atoms with Gasteiger partial charge in [-0.15, -0.1) is 0 Å². The Morgan fingerprint density at radius 1 is 1.33 bits per heavy atom. The Balaban J connectivity index is 2.88. The fourth-order valence-electron chi connectivity index (χ4n) is 1.20. The molecule has 0 aliphatic carbocycles. The van der Waals surface area contributed by atoms with Gasteiger partial charge in [-0.25, -0.2) is 8.78 Å². The molecule has 0 bridgehead atoms. The van der Waals surface area contributed by atoms with Crippen molar-refractivity contribution in [3.8, 4) is 5.75 Å². The van der Waals surface area contributed by atoms with Crippen molar-refractivity contribution in [2.24, 2.45) is 0 Å². The van der Waals surface area contributed by atoms with Gasteiger partial charge in [-0.05, 0) is 24.7 Å². The third kappa shape index (κ3) is 3.14. The zero-order chi connectivity index (χ0) is 11.3. The summed E-state index contributed by atoms with van der Waals surface area (Å²) in [6.07, 6.45) is 0. The number of aliphatic hydroxyl groups excluding tert-OH is 1. The molecule has 0 atom stereocenters. The van der Waals surface area contributed by atoms with E-state index in [1.807, 2.05) is 0 Å². The number of hydrogen-bond donors (Lipinski definition) is 2. The van der Waals surface area contributed by atoms with E-state index in [0.29, 0.717) is 12.1 Å². The van der Waals surface area contributed by atoms with Crippen LogP contribution in [-0.2, 0) is 6.54 Å². The molecule has 84 valence electrons. The van der Waals surface area contributed by atoms with Gasteiger partial charge in [-0.3, -0.25) is 0 Å². The molecule has 0 aliphatic rings. The summed E-state index contributed by atoms with van der Waals surface area (Å²) in [6.45, 7) is -0.0233. The number of hydrogen-bond acceptors (Lipinski definition) is 3. The molecule has 5 heteroatoms. The summed E-state index contributed by atoms with van der Waals surface area (Å²) in [5.41, 5.74) is 0.504. The van der Waals surface area contributed by atoms with Gasteiger partial charge in [0.15, 0.2) is 17.4 Å². The Bertz CT molecular complexity index is 308. The summed E-state index contributed by atoms with van der Waals surface area (Å²) in [5, 5.41) is 11.3. The second-order valence-electron chi connectivity index (χ2n) is 2.99. The van der Waals surface area contributed by atoms with E-state index in [1.165, 1.54) is 12.1 Å². The van der Waals surface area contributed by atoms with E-state index in [4.69, 9.17) is 9.84 Å². The quantitative estimate of drug-likeness (QED) is 0.774. The maximum absolute atomic E-state index is 13.3. The molecular formula is C10H13F2NO2. The van der Waals surface area contributed by atoms with E-state index in [0.717, 1.165) is 0 Å². The molecule has 2 N–H and O–H groups in total. The summed E-state index contributed by atoms with van der Waals surface area (Å²) in [4.78, 5) is 0. The molecule has 0 heterocycles. The molecule has 0 aliphatic heterocycles. The Morgan fingerprint density at radius 2 is 1.93 bits per heavy atom. The maximum atomic E-state index is 13.3. The summed E-state index contributed by atoms with van der Waals surface area (Å²) in [6, 6.07) is 2.40. The third-order valence-corrected chi connectivity index (χ3v) is 1.78. The predicted molar refractivity (Wildman–Crippen MR) is 51.7 cm³/mol. The van der Waals surface area contributed by atoms with Gasteiger partial charge in [-0.2, -0.15) is 0 Å². The van der Waals surface area contributed by atoms with E-state index in [2.05, 4.69) is 5.32 Å². The molecule has 1 aromatic carbocycles. The van der Waals surface area contributed by atoms with Gasteiger partial charge in [0.25, 0.3) is 0 Å². The van der Waals surface area contributed by atoms with Crippen molar-refractivity contribution in [2.75, 3.05) is 20.3 Å². The van der Waals surface area contributed by atoms with Crippen molar-refractivity contribution in [1.82, 2.24) is 5.32 Å². The standard InChI is InChI=1S/C10H13F2NO2/c1-13-6-7-4-8(11)10(9(12)5-7)15-3-2-14/h4-5,13-14H,2-3,6H2,1H3. The van der Waals surface area contributed by atoms with Gasteiger partial charge in [0, 0.05) is 6.54 Å². The SMILES string of the molecule is CNCc1cc(F)c(OCCO)c(F)c1. The van der Waals surface area contributed by atoms with Crippen molar-refractivity contribution >= 4 is 0 Å². The third-order valence-electron chi connectivity index (χ3n) is 1.78. The van der Waals surface area contributed by atoms with Crippen LogP contribution in [0.3, 0.4) is 0 Å². The van der Waals surface area contributed by atoms with Crippen LogP contribution in [0.25, 0.3) is 0 Å². The lowest BCUT2D eigenvalue weighted by molar-refractivity contribution is 0.191. The highest BCUT2D eigenvalue weighted by Crippen LogP contribution is 2.23. The van der Waals surface area contributed by atoms with Crippen LogP contribution >= 0.6 is 0 Å². The lowest BCUT2D eigenvalue weighted by Gasteiger charge is -2.08. The first-order chi connectivity index (χ1) is 7.19. The molecule has 0 spiro atoms. The zero-order valence-corrected chi connectivity index (χ0v) is 8.39. The van der Waals surface area contributed by atoms with Crippen molar-refractivity contribution in [2.45, 2.75) is 6.54 Å². The lowest BCUT2D eigenvalue weighted by Crippen LogP contribution is -2.08. The second kappa shape index (κ2) is 5.63. The molecule has 15 heavy (non-hydrogen) atoms. The van der Waals surface area contributed by atoms with Gasteiger partial charge < -0.3 is 15.2 Å². The zero-order valence-electron chi connectivity index (χ0n) is 8.39. The Morgan fingerprint density at radius 3 is 2.40 bits per heavy atom. The number of rotatable bonds is 5. The van der Waals surface area contributed by atoms with E-state index < -0.39 is 17.4 Å². The number of benzene rings is 1. The van der Waals surface area contributed by atoms with Crippen molar-refractivity contribution in [1.29, 1.82) is 0 Å². The smallest absolute Gasteiger partial charge is 0.190 e. The average Bonchev–Trinajstić information content (AvgIpc) is 2.17. The summed E-state index contributed by atoms with van der Waals surface area (Å²) in [7, 11) is 1.69. The van der Waals surface area contributed by atoms with Crippen LogP contribution in [0.1, 0.15) is 5.56 Å². The fourth-order valence-corrected chi connectivity index (χ4v) is 1.20. The number of halogens is 2. The highest BCUT2D eigenvalue weighted by Gasteiger charge is 2.11. The van der Waals surface area contributed by atoms with Crippen LogP contribution in [0, 0.1) is 11.6 Å². The van der Waals surface area contributed by atoms with Gasteiger partial charge in [0.1, 0.15) is 6.61 Å². The van der Waals surface area contributed by atoms with Crippen LogP contribution in [0.5, 0.6) is 5.75 Å². The minimum absolute atomic E-state index is 0.126. The molecule has 3 nitrogen and oxygen atoms in total. The first kappa shape index (κ1) is 11.9. The molecule has 0 saturated heterocycles. The van der Waals surface area contributed by atoms with Crippen molar-refractivity contribution < 1.29 is 18.6 Å². The van der Waals surface area contributed by atoms with E-state index >= 15 is 0 Å². The second-order valence-corrected chi connectivity index (χ2v) is 2.99. The monoisotopic (exact) mass is 217 g/mol. The molecule has 1 rings (SSSR count). The van der Waals surface area contributed by atoms with E-state index in [9.17, 15) is 8.78 Å². The lowest BCUT2D eigenvalue weighted by atomic mass is 10.2. The number of ether oxygens (including phenoxy) is 1. The summed E-state index contributed by atoms with van der Waals surface area (Å²) < 4.78 is 31.3. The topological polar surface area (TPSA) is 41.5 Å². The van der Waals surface area contributed by atoms with Gasteiger partial charge in [0.2, 0.25) is 0 Å². The molecule has 0 amide bonds. The minimum Gasteiger partial charge on any atom is -0.485 e. The summed E-state index contributed by atoms with van der Waals surface area (Å²) >= 11 is 0. The minimum atomic E-state index is -0.756. The van der Waals surface area contributed by atoms with Gasteiger partial charge in [-0.1, -0.05) is 0 Å². The van der Waals surface area contributed by atoms with Crippen LogP contribution in [0.15, 0.2) is 12.1 Å². The van der Waals surface area contributed by atoms with Gasteiger partial charge in [0.05, 0.1) is 6.61 Å². The number of aliphatic hydroxyl groups is 1. The Kier molecular flexibility index (Phi) is 4.45. The average molecular weight is 217 g/mol. The van der Waals surface area contributed by atoms with Crippen LogP contribution < -0.4 is 10.1 Å². The van der Waals surface area contributed by atoms with Crippen LogP contribution in [0.2, 0.25) is 0 Å². The molecule has 0 fully saturated rings. The normalized spacial score (nSPS) is 10.4. The molecule has 1 aromatic rings. The van der Waals surface area contributed by atoms with Crippen LogP contribution in [-0.4, -0.2) is 25.4 Å². The highest BCUT2D eigenvalue weighted by molar-refractivity contribution is 5.31. The van der Waals surface area contributed by atoms with E-state index in [1.54, 1.807) is 7.05 Å². The summed E-state index contributed by atoms with van der Waals surface area (Å²) in [5.74, 6) is -1.95. The van der Waals surface area contributed by atoms with Crippen molar-refractivity contribution in [3.05, 3.63) is 29.3 Å². The molecule has 0 radical (unpaired) electrons. The largest absolute Gasteiger partial charge is 0.485 e.